The van der Waals surface area contributed by atoms with E-state index in [1.54, 1.807) is 0 Å². The van der Waals surface area contributed by atoms with Gasteiger partial charge >= 0.3 is 6.09 Å². The van der Waals surface area contributed by atoms with Crippen LogP contribution in [0.4, 0.5) is 4.79 Å². The second-order valence-electron chi connectivity index (χ2n) is 10.3. The molecule has 3 aliphatic heterocycles. The highest BCUT2D eigenvalue weighted by atomic mass is 16.6. The topological polar surface area (TPSA) is 68.6 Å². The Kier molecular flexibility index (Phi) is 4.94. The molecule has 1 amide bonds. The summed E-state index contributed by atoms with van der Waals surface area (Å²) in [6.45, 7) is 4.56. The third-order valence-electron chi connectivity index (χ3n) is 8.41. The Morgan fingerprint density at radius 2 is 2.03 bits per heavy atom. The van der Waals surface area contributed by atoms with Gasteiger partial charge in [-0.05, 0) is 57.7 Å². The first-order valence-corrected chi connectivity index (χ1v) is 12.6. The number of nitrogens with zero attached hydrogens (tertiary/aromatic N) is 3. The number of para-hydroxylation sites is 1. The molecule has 6 rings (SSSR count). The van der Waals surface area contributed by atoms with Crippen molar-refractivity contribution in [3.05, 3.63) is 35.8 Å². The predicted octanol–water partition coefficient (Wildman–Crippen LogP) is 4.32. The van der Waals surface area contributed by atoms with E-state index in [-0.39, 0.29) is 6.09 Å². The first-order valence-electron chi connectivity index (χ1n) is 12.6. The summed E-state index contributed by atoms with van der Waals surface area (Å²) in [7, 11) is 2.17. The first kappa shape index (κ1) is 21.0. The van der Waals surface area contributed by atoms with Crippen LogP contribution in [0, 0.1) is 0 Å². The molecule has 1 aromatic heterocycles. The van der Waals surface area contributed by atoms with Gasteiger partial charge in [-0.15, -0.1) is 0 Å². The van der Waals surface area contributed by atoms with Crippen LogP contribution in [0.1, 0.15) is 69.3 Å². The van der Waals surface area contributed by atoms with Gasteiger partial charge in [0.15, 0.2) is 5.60 Å². The summed E-state index contributed by atoms with van der Waals surface area (Å²) in [6, 6.07) is 8.28. The maximum atomic E-state index is 12.3. The fraction of sp³-hybridized carbons (Fsp3) is 0.615. The number of rotatable bonds is 2. The molecule has 0 unspecified atom stereocenters. The Bertz CT molecular complexity index is 1070. The van der Waals surface area contributed by atoms with Gasteiger partial charge in [-0.3, -0.25) is 0 Å². The summed E-state index contributed by atoms with van der Waals surface area (Å²) in [5.41, 5.74) is 3.20. The van der Waals surface area contributed by atoms with Gasteiger partial charge in [0, 0.05) is 50.0 Å². The van der Waals surface area contributed by atoms with Crippen LogP contribution >= 0.6 is 0 Å². The first-order chi connectivity index (χ1) is 16.0. The van der Waals surface area contributed by atoms with Gasteiger partial charge in [0.25, 0.3) is 0 Å². The minimum absolute atomic E-state index is 0.227. The van der Waals surface area contributed by atoms with Crippen LogP contribution in [0.2, 0.25) is 0 Å². The Morgan fingerprint density at radius 1 is 1.24 bits per heavy atom. The van der Waals surface area contributed by atoms with E-state index in [4.69, 9.17) is 14.5 Å². The SMILES string of the molecule is CCOC(=O)N1CCC2(CC1)Oc1ccccc1-c1nc([C@@H]3CCNC4(CCC4)C3)n(C)c12. The molecule has 1 N–H and O–H groups in total. The van der Waals surface area contributed by atoms with Crippen molar-refractivity contribution in [1.82, 2.24) is 19.8 Å². The number of amides is 1. The van der Waals surface area contributed by atoms with Gasteiger partial charge in [0.1, 0.15) is 11.6 Å². The van der Waals surface area contributed by atoms with Crippen molar-refractivity contribution in [3.8, 4) is 17.0 Å². The molecule has 33 heavy (non-hydrogen) atoms. The van der Waals surface area contributed by atoms with Crippen LogP contribution in [-0.2, 0) is 17.4 Å². The van der Waals surface area contributed by atoms with E-state index >= 15 is 0 Å². The summed E-state index contributed by atoms with van der Waals surface area (Å²) in [4.78, 5) is 19.5. The number of piperidine rings is 2. The van der Waals surface area contributed by atoms with Crippen molar-refractivity contribution >= 4 is 6.09 Å². The fourth-order valence-corrected chi connectivity index (χ4v) is 6.57. The summed E-state index contributed by atoms with van der Waals surface area (Å²) >= 11 is 0. The summed E-state index contributed by atoms with van der Waals surface area (Å²) in [6.07, 6.45) is 7.44. The molecule has 4 aliphatic rings. The molecular formula is C26H34N4O3. The molecule has 1 saturated carbocycles. The lowest BCUT2D eigenvalue weighted by molar-refractivity contribution is -0.0102. The number of hydrogen-bond donors (Lipinski definition) is 1. The van der Waals surface area contributed by atoms with E-state index in [0.29, 0.717) is 31.2 Å². The third-order valence-corrected chi connectivity index (χ3v) is 8.41. The highest BCUT2D eigenvalue weighted by Crippen LogP contribution is 2.51. The van der Waals surface area contributed by atoms with Crippen molar-refractivity contribution in [2.75, 3.05) is 26.2 Å². The molecular weight excluding hydrogens is 416 g/mol. The average Bonchev–Trinajstić information content (AvgIpc) is 3.17. The molecule has 2 saturated heterocycles. The molecule has 176 valence electrons. The van der Waals surface area contributed by atoms with Gasteiger partial charge in [-0.1, -0.05) is 12.1 Å². The van der Waals surface area contributed by atoms with Crippen molar-refractivity contribution in [3.63, 3.8) is 0 Å². The van der Waals surface area contributed by atoms with Gasteiger partial charge in [0.05, 0.1) is 18.0 Å². The molecule has 2 spiro atoms. The van der Waals surface area contributed by atoms with Crippen LogP contribution < -0.4 is 10.1 Å². The van der Waals surface area contributed by atoms with Crippen molar-refractivity contribution < 1.29 is 14.3 Å². The molecule has 0 bridgehead atoms. The molecule has 7 nitrogen and oxygen atoms in total. The second kappa shape index (κ2) is 7.76. The zero-order chi connectivity index (χ0) is 22.6. The van der Waals surface area contributed by atoms with E-state index in [0.717, 1.165) is 42.8 Å². The number of carbonyl (C=O) groups is 1. The fourth-order valence-electron chi connectivity index (χ4n) is 6.57. The number of carbonyl (C=O) groups excluding carboxylic acids is 1. The quantitative estimate of drug-likeness (QED) is 0.738. The number of likely N-dealkylation sites (tertiary alicyclic amines) is 1. The Morgan fingerprint density at radius 3 is 2.76 bits per heavy atom. The van der Waals surface area contributed by atoms with Crippen molar-refractivity contribution in [1.29, 1.82) is 0 Å². The summed E-state index contributed by atoms with van der Waals surface area (Å²) in [5, 5.41) is 3.80. The lowest BCUT2D eigenvalue weighted by Gasteiger charge is -2.48. The monoisotopic (exact) mass is 450 g/mol. The molecule has 1 aromatic carbocycles. The van der Waals surface area contributed by atoms with E-state index in [2.05, 4.69) is 35.1 Å². The number of nitrogens with one attached hydrogen (secondary N) is 1. The number of benzene rings is 1. The molecule has 1 aliphatic carbocycles. The third kappa shape index (κ3) is 3.27. The highest BCUT2D eigenvalue weighted by molar-refractivity contribution is 5.73. The summed E-state index contributed by atoms with van der Waals surface area (Å²) in [5.74, 6) is 2.56. The zero-order valence-electron chi connectivity index (χ0n) is 19.7. The van der Waals surface area contributed by atoms with Gasteiger partial charge in [-0.25, -0.2) is 9.78 Å². The van der Waals surface area contributed by atoms with Crippen LogP contribution in [0.15, 0.2) is 24.3 Å². The minimum atomic E-state index is -0.465. The molecule has 7 heteroatoms. The normalized spacial score (nSPS) is 24.5. The van der Waals surface area contributed by atoms with Crippen LogP contribution in [0.5, 0.6) is 5.75 Å². The largest absolute Gasteiger partial charge is 0.480 e. The second-order valence-corrected chi connectivity index (χ2v) is 10.3. The Balaban J connectivity index is 1.38. The van der Waals surface area contributed by atoms with E-state index in [1.165, 1.54) is 37.2 Å². The van der Waals surface area contributed by atoms with E-state index < -0.39 is 5.60 Å². The minimum Gasteiger partial charge on any atom is -0.480 e. The van der Waals surface area contributed by atoms with Crippen LogP contribution in [0.3, 0.4) is 0 Å². The van der Waals surface area contributed by atoms with Crippen LogP contribution in [-0.4, -0.2) is 52.3 Å². The van der Waals surface area contributed by atoms with Crippen LogP contribution in [0.25, 0.3) is 11.3 Å². The summed E-state index contributed by atoms with van der Waals surface area (Å²) < 4.78 is 14.4. The van der Waals surface area contributed by atoms with Crippen molar-refractivity contribution in [2.45, 2.75) is 68.9 Å². The lowest BCUT2D eigenvalue weighted by Crippen LogP contribution is -2.55. The molecule has 1 atom stereocenters. The molecule has 4 heterocycles. The number of fused-ring (bicyclic) bond motifs is 4. The Labute approximate surface area is 195 Å². The lowest BCUT2D eigenvalue weighted by atomic mass is 9.68. The average molecular weight is 451 g/mol. The van der Waals surface area contributed by atoms with Gasteiger partial charge < -0.3 is 24.3 Å². The maximum absolute atomic E-state index is 12.3. The molecule has 2 aromatic rings. The number of aromatic nitrogens is 2. The number of ether oxygens (including phenoxy) is 2. The van der Waals surface area contributed by atoms with Crippen molar-refractivity contribution in [2.24, 2.45) is 7.05 Å². The molecule has 0 radical (unpaired) electrons. The van der Waals surface area contributed by atoms with Gasteiger partial charge in [-0.2, -0.15) is 0 Å². The number of hydrogen-bond acceptors (Lipinski definition) is 5. The maximum Gasteiger partial charge on any atom is 0.409 e. The standard InChI is InChI=1S/C26H34N4O3/c1-3-32-24(31)30-15-12-26(13-16-30)22-21(19-7-4-5-8-20(19)33-26)28-23(29(22)2)18-9-14-27-25(17-18)10-6-11-25/h4-5,7-8,18,27H,3,6,9-17H2,1-2H3/t18-/m1/s1. The molecule has 3 fully saturated rings. The predicted molar refractivity (Wildman–Crippen MR) is 125 cm³/mol. The highest BCUT2D eigenvalue weighted by Gasteiger charge is 2.49. The van der Waals surface area contributed by atoms with Gasteiger partial charge in [0.2, 0.25) is 0 Å². The Hall–Kier alpha value is -2.54. The number of imidazole rings is 1. The zero-order valence-corrected chi connectivity index (χ0v) is 19.7. The van der Waals surface area contributed by atoms with E-state index in [1.807, 2.05) is 17.9 Å². The smallest absolute Gasteiger partial charge is 0.409 e. The van der Waals surface area contributed by atoms with E-state index in [9.17, 15) is 4.79 Å².